The molecule has 0 aliphatic rings. The molecule has 0 fully saturated rings. The second-order valence-electron chi connectivity index (χ2n) is 5.29. The fourth-order valence-electron chi connectivity index (χ4n) is 2.67. The van der Waals surface area contributed by atoms with Crippen molar-refractivity contribution < 1.29 is 9.18 Å². The predicted octanol–water partition coefficient (Wildman–Crippen LogP) is 4.83. The molecule has 0 heterocycles. The molecule has 0 bridgehead atoms. The largest absolute Gasteiger partial charge is 0.289 e. The van der Waals surface area contributed by atoms with E-state index in [1.165, 1.54) is 6.07 Å². The van der Waals surface area contributed by atoms with E-state index in [1.54, 1.807) is 24.3 Å². The highest BCUT2D eigenvalue weighted by atomic mass is 19.1. The topological polar surface area (TPSA) is 17.1 Å². The molecule has 0 N–H and O–H groups in total. The Morgan fingerprint density at radius 1 is 0.857 bits per heavy atom. The quantitative estimate of drug-likeness (QED) is 0.614. The van der Waals surface area contributed by atoms with Gasteiger partial charge in [0.25, 0.3) is 0 Å². The van der Waals surface area contributed by atoms with Crippen LogP contribution < -0.4 is 0 Å². The van der Waals surface area contributed by atoms with Gasteiger partial charge in [0.15, 0.2) is 5.78 Å². The van der Waals surface area contributed by atoms with Gasteiger partial charge >= 0.3 is 0 Å². The van der Waals surface area contributed by atoms with E-state index in [1.807, 2.05) is 38.1 Å². The summed E-state index contributed by atoms with van der Waals surface area (Å²) in [6, 6.07) is 15.8. The van der Waals surface area contributed by atoms with Crippen molar-refractivity contribution >= 4 is 16.6 Å². The van der Waals surface area contributed by atoms with Crippen molar-refractivity contribution in [2.45, 2.75) is 13.8 Å². The predicted molar refractivity (Wildman–Crippen MR) is 83.3 cm³/mol. The number of hydrogen-bond acceptors (Lipinski definition) is 1. The number of carbonyl (C=O) groups is 1. The Labute approximate surface area is 123 Å². The minimum Gasteiger partial charge on any atom is -0.289 e. The first-order valence-corrected chi connectivity index (χ1v) is 6.87. The fourth-order valence-corrected chi connectivity index (χ4v) is 2.67. The molecule has 0 saturated carbocycles. The van der Waals surface area contributed by atoms with Crippen molar-refractivity contribution in [3.8, 4) is 0 Å². The highest BCUT2D eigenvalue weighted by Gasteiger charge is 2.15. The number of fused-ring (bicyclic) bond motifs is 1. The van der Waals surface area contributed by atoms with E-state index in [9.17, 15) is 9.18 Å². The molecule has 0 unspecified atom stereocenters. The standard InChI is InChI=1S/C19H15FO/c1-12-7-8-14(13(2)11-12)19(21)17-9-10-18(20)16-6-4-3-5-15(16)17/h3-11H,1-2H3. The molecule has 2 heteroatoms. The lowest BCUT2D eigenvalue weighted by atomic mass is 9.94. The van der Waals surface area contributed by atoms with Crippen LogP contribution in [-0.4, -0.2) is 5.78 Å². The Hall–Kier alpha value is -2.48. The first-order chi connectivity index (χ1) is 10.1. The molecule has 1 nitrogen and oxygen atoms in total. The number of carbonyl (C=O) groups excluding carboxylic acids is 1. The van der Waals surface area contributed by atoms with Gasteiger partial charge in [-0.05, 0) is 36.9 Å². The van der Waals surface area contributed by atoms with Gasteiger partial charge in [0.1, 0.15) is 5.82 Å². The maximum absolute atomic E-state index is 13.9. The zero-order valence-electron chi connectivity index (χ0n) is 12.0. The van der Waals surface area contributed by atoms with E-state index in [-0.39, 0.29) is 11.6 Å². The summed E-state index contributed by atoms with van der Waals surface area (Å²) in [6.07, 6.45) is 0. The van der Waals surface area contributed by atoms with E-state index < -0.39 is 0 Å². The molecule has 0 aliphatic carbocycles. The van der Waals surface area contributed by atoms with Gasteiger partial charge in [0.05, 0.1) is 0 Å². The lowest BCUT2D eigenvalue weighted by molar-refractivity contribution is 0.103. The van der Waals surface area contributed by atoms with Crippen LogP contribution in [0.5, 0.6) is 0 Å². The maximum atomic E-state index is 13.9. The van der Waals surface area contributed by atoms with Gasteiger partial charge in [-0.1, -0.05) is 48.0 Å². The Morgan fingerprint density at radius 2 is 1.52 bits per heavy atom. The van der Waals surface area contributed by atoms with Crippen LogP contribution in [0.3, 0.4) is 0 Å². The highest BCUT2D eigenvalue weighted by Crippen LogP contribution is 2.25. The summed E-state index contributed by atoms with van der Waals surface area (Å²) >= 11 is 0. The SMILES string of the molecule is Cc1ccc(C(=O)c2ccc(F)c3ccccc23)c(C)c1. The summed E-state index contributed by atoms with van der Waals surface area (Å²) in [5.74, 6) is -0.369. The monoisotopic (exact) mass is 278 g/mol. The van der Waals surface area contributed by atoms with Gasteiger partial charge < -0.3 is 0 Å². The molecule has 0 radical (unpaired) electrons. The van der Waals surface area contributed by atoms with Gasteiger partial charge in [-0.2, -0.15) is 0 Å². The van der Waals surface area contributed by atoms with Crippen LogP contribution in [0.4, 0.5) is 4.39 Å². The third kappa shape index (κ3) is 2.33. The van der Waals surface area contributed by atoms with Crippen LogP contribution in [0.2, 0.25) is 0 Å². The number of aryl methyl sites for hydroxylation is 2. The van der Waals surface area contributed by atoms with Gasteiger partial charge in [0, 0.05) is 16.5 Å². The number of halogens is 1. The molecule has 0 atom stereocenters. The minimum atomic E-state index is -0.303. The Kier molecular flexibility index (Phi) is 3.30. The van der Waals surface area contributed by atoms with E-state index in [4.69, 9.17) is 0 Å². The van der Waals surface area contributed by atoms with Gasteiger partial charge in [-0.3, -0.25) is 4.79 Å². The number of rotatable bonds is 2. The number of ketones is 1. The summed E-state index contributed by atoms with van der Waals surface area (Å²) in [5, 5.41) is 1.13. The minimum absolute atomic E-state index is 0.0660. The third-order valence-corrected chi connectivity index (χ3v) is 3.74. The molecule has 0 amide bonds. The Bertz CT molecular complexity index is 849. The van der Waals surface area contributed by atoms with Crippen molar-refractivity contribution in [2.24, 2.45) is 0 Å². The number of hydrogen-bond donors (Lipinski definition) is 0. The zero-order valence-corrected chi connectivity index (χ0v) is 12.0. The summed E-state index contributed by atoms with van der Waals surface area (Å²) < 4.78 is 13.9. The molecule has 3 aromatic carbocycles. The summed E-state index contributed by atoms with van der Waals surface area (Å²) in [7, 11) is 0. The van der Waals surface area contributed by atoms with Crippen molar-refractivity contribution in [3.63, 3.8) is 0 Å². The molecular formula is C19H15FO. The lowest BCUT2D eigenvalue weighted by Gasteiger charge is -2.09. The van der Waals surface area contributed by atoms with Crippen LogP contribution in [0.15, 0.2) is 54.6 Å². The third-order valence-electron chi connectivity index (χ3n) is 3.74. The molecule has 0 aliphatic heterocycles. The van der Waals surface area contributed by atoms with Crippen molar-refractivity contribution in [3.05, 3.63) is 82.7 Å². The molecule has 0 spiro atoms. The van der Waals surface area contributed by atoms with Crippen molar-refractivity contribution in [1.82, 2.24) is 0 Å². The van der Waals surface area contributed by atoms with Crippen molar-refractivity contribution in [1.29, 1.82) is 0 Å². The molecule has 3 aromatic rings. The second-order valence-corrected chi connectivity index (χ2v) is 5.29. The maximum Gasteiger partial charge on any atom is 0.193 e. The zero-order chi connectivity index (χ0) is 15.0. The Morgan fingerprint density at radius 3 is 2.24 bits per heavy atom. The van der Waals surface area contributed by atoms with Crippen LogP contribution in [-0.2, 0) is 0 Å². The fraction of sp³-hybridized carbons (Fsp3) is 0.105. The van der Waals surface area contributed by atoms with E-state index >= 15 is 0 Å². The molecule has 0 aromatic heterocycles. The van der Waals surface area contributed by atoms with E-state index in [0.717, 1.165) is 11.1 Å². The second kappa shape index (κ2) is 5.13. The van der Waals surface area contributed by atoms with Crippen LogP contribution in [0.1, 0.15) is 27.0 Å². The summed E-state index contributed by atoms with van der Waals surface area (Å²) in [4.78, 5) is 12.8. The average molecular weight is 278 g/mol. The first-order valence-electron chi connectivity index (χ1n) is 6.87. The van der Waals surface area contributed by atoms with Crippen LogP contribution >= 0.6 is 0 Å². The molecular weight excluding hydrogens is 263 g/mol. The van der Waals surface area contributed by atoms with E-state index in [2.05, 4.69) is 0 Å². The first kappa shape index (κ1) is 13.5. The average Bonchev–Trinajstić information content (AvgIpc) is 2.47. The molecule has 0 saturated heterocycles. The molecule has 21 heavy (non-hydrogen) atoms. The van der Waals surface area contributed by atoms with Gasteiger partial charge in [-0.25, -0.2) is 4.39 Å². The van der Waals surface area contributed by atoms with Crippen LogP contribution in [0, 0.1) is 19.7 Å². The van der Waals surface area contributed by atoms with Gasteiger partial charge in [0.2, 0.25) is 0 Å². The number of benzene rings is 3. The highest BCUT2D eigenvalue weighted by molar-refractivity contribution is 6.17. The smallest absolute Gasteiger partial charge is 0.193 e. The summed E-state index contributed by atoms with van der Waals surface area (Å²) in [5.41, 5.74) is 3.26. The Balaban J connectivity index is 2.21. The van der Waals surface area contributed by atoms with E-state index in [0.29, 0.717) is 21.9 Å². The molecule has 104 valence electrons. The van der Waals surface area contributed by atoms with Gasteiger partial charge in [-0.15, -0.1) is 0 Å². The van der Waals surface area contributed by atoms with Crippen molar-refractivity contribution in [2.75, 3.05) is 0 Å². The molecule has 3 rings (SSSR count). The lowest BCUT2D eigenvalue weighted by Crippen LogP contribution is -2.05. The normalized spacial score (nSPS) is 10.8. The van der Waals surface area contributed by atoms with Crippen LogP contribution in [0.25, 0.3) is 10.8 Å². The summed E-state index contributed by atoms with van der Waals surface area (Å²) in [6.45, 7) is 3.92.